The number of aryl methyl sites for hydroxylation is 2. The molecule has 2 N–H and O–H groups in total. The van der Waals surface area contributed by atoms with Gasteiger partial charge in [0.05, 0.1) is 6.20 Å². The molecule has 2 rings (SSSR count). The van der Waals surface area contributed by atoms with E-state index in [1.807, 2.05) is 0 Å². The number of nitrogens with two attached hydrogens (primary N) is 1. The van der Waals surface area contributed by atoms with Crippen molar-refractivity contribution in [3.63, 3.8) is 0 Å². The Bertz CT molecular complexity index is 468. The van der Waals surface area contributed by atoms with E-state index in [2.05, 4.69) is 37.0 Å². The van der Waals surface area contributed by atoms with Crippen molar-refractivity contribution < 1.29 is 4.42 Å². The molecule has 0 aliphatic rings. The van der Waals surface area contributed by atoms with Crippen molar-refractivity contribution in [1.29, 1.82) is 0 Å². The largest absolute Gasteiger partial charge is 0.441 e. The van der Waals surface area contributed by atoms with Gasteiger partial charge in [0.25, 0.3) is 0 Å². The Balaban J connectivity index is 2.34. The van der Waals surface area contributed by atoms with Crippen LogP contribution >= 0.6 is 0 Å². The first kappa shape index (κ1) is 10.9. The molecular weight excluding hydrogens is 200 g/mol. The minimum absolute atomic E-state index is 0.562. The summed E-state index contributed by atoms with van der Waals surface area (Å²) in [4.78, 5) is 4.19. The lowest BCUT2D eigenvalue weighted by Crippen LogP contribution is -2.02. The molecule has 0 saturated heterocycles. The number of rotatable bonds is 3. The minimum atomic E-state index is 0.562. The third-order valence-electron chi connectivity index (χ3n) is 2.42. The van der Waals surface area contributed by atoms with E-state index in [1.54, 1.807) is 6.20 Å². The van der Waals surface area contributed by atoms with Gasteiger partial charge >= 0.3 is 0 Å². The molecule has 3 heteroatoms. The molecule has 0 radical (unpaired) electrons. The van der Waals surface area contributed by atoms with Crippen LogP contribution in [-0.2, 0) is 6.42 Å². The molecule has 1 aromatic heterocycles. The third kappa shape index (κ3) is 2.31. The van der Waals surface area contributed by atoms with Crippen molar-refractivity contribution in [3.8, 4) is 11.3 Å². The van der Waals surface area contributed by atoms with E-state index in [0.29, 0.717) is 18.9 Å². The summed E-state index contributed by atoms with van der Waals surface area (Å²) in [7, 11) is 0. The summed E-state index contributed by atoms with van der Waals surface area (Å²) in [6, 6.07) is 6.33. The predicted octanol–water partition coefficient (Wildman–Crippen LogP) is 2.46. The van der Waals surface area contributed by atoms with Gasteiger partial charge in [-0.05, 0) is 26.0 Å². The standard InChI is InChI=1S/C13H16N2O/c1-9-5-10(2)7-11(6-9)12-8-15-13(16-12)3-4-14/h5-8H,3-4,14H2,1-2H3. The molecule has 0 amide bonds. The summed E-state index contributed by atoms with van der Waals surface area (Å²) in [5, 5.41) is 0. The zero-order valence-corrected chi connectivity index (χ0v) is 9.66. The zero-order valence-electron chi connectivity index (χ0n) is 9.66. The van der Waals surface area contributed by atoms with Crippen LogP contribution in [0.4, 0.5) is 0 Å². The van der Waals surface area contributed by atoms with Crippen LogP contribution in [0.25, 0.3) is 11.3 Å². The molecule has 3 nitrogen and oxygen atoms in total. The highest BCUT2D eigenvalue weighted by Crippen LogP contribution is 2.23. The average Bonchev–Trinajstić information content (AvgIpc) is 2.65. The van der Waals surface area contributed by atoms with Crippen molar-refractivity contribution in [1.82, 2.24) is 4.98 Å². The maximum absolute atomic E-state index is 5.63. The van der Waals surface area contributed by atoms with Crippen LogP contribution in [-0.4, -0.2) is 11.5 Å². The van der Waals surface area contributed by atoms with Gasteiger partial charge in [-0.25, -0.2) is 4.98 Å². The lowest BCUT2D eigenvalue weighted by Gasteiger charge is -2.01. The second kappa shape index (κ2) is 4.49. The fraction of sp³-hybridized carbons (Fsp3) is 0.308. The van der Waals surface area contributed by atoms with Gasteiger partial charge in [0, 0.05) is 18.5 Å². The molecule has 0 atom stereocenters. The van der Waals surface area contributed by atoms with Crippen molar-refractivity contribution >= 4 is 0 Å². The first-order valence-electron chi connectivity index (χ1n) is 5.42. The van der Waals surface area contributed by atoms with E-state index >= 15 is 0 Å². The van der Waals surface area contributed by atoms with Gasteiger partial charge in [-0.2, -0.15) is 0 Å². The van der Waals surface area contributed by atoms with Gasteiger partial charge in [0.15, 0.2) is 11.7 Å². The molecule has 1 aromatic carbocycles. The fourth-order valence-electron chi connectivity index (χ4n) is 1.80. The Morgan fingerprint density at radius 2 is 1.88 bits per heavy atom. The van der Waals surface area contributed by atoms with Crippen LogP contribution in [0.1, 0.15) is 17.0 Å². The summed E-state index contributed by atoms with van der Waals surface area (Å²) in [5.41, 5.74) is 8.99. The molecule has 16 heavy (non-hydrogen) atoms. The predicted molar refractivity (Wildman–Crippen MR) is 64.2 cm³/mol. The summed E-state index contributed by atoms with van der Waals surface area (Å²) in [6.45, 7) is 4.72. The number of nitrogens with zero attached hydrogens (tertiary/aromatic N) is 1. The van der Waals surface area contributed by atoms with Crippen LogP contribution in [0.3, 0.4) is 0 Å². The molecule has 0 aliphatic heterocycles. The van der Waals surface area contributed by atoms with E-state index in [-0.39, 0.29) is 0 Å². The summed E-state index contributed by atoms with van der Waals surface area (Å²) in [6.07, 6.45) is 2.45. The van der Waals surface area contributed by atoms with E-state index in [4.69, 9.17) is 10.2 Å². The van der Waals surface area contributed by atoms with Gasteiger partial charge in [-0.3, -0.25) is 0 Å². The van der Waals surface area contributed by atoms with Crippen LogP contribution in [0, 0.1) is 13.8 Å². The number of benzene rings is 1. The molecule has 84 valence electrons. The van der Waals surface area contributed by atoms with Crippen LogP contribution in [0.15, 0.2) is 28.8 Å². The SMILES string of the molecule is Cc1cc(C)cc(-c2cnc(CCN)o2)c1. The summed E-state index contributed by atoms with van der Waals surface area (Å²) < 4.78 is 5.63. The van der Waals surface area contributed by atoms with E-state index in [9.17, 15) is 0 Å². The molecule has 2 aromatic rings. The van der Waals surface area contributed by atoms with Crippen molar-refractivity contribution in [2.75, 3.05) is 6.54 Å². The summed E-state index contributed by atoms with van der Waals surface area (Å²) in [5.74, 6) is 1.52. The van der Waals surface area contributed by atoms with Gasteiger partial charge in [-0.15, -0.1) is 0 Å². The first-order chi connectivity index (χ1) is 7.69. The second-order valence-electron chi connectivity index (χ2n) is 4.03. The number of oxazole rings is 1. The van der Waals surface area contributed by atoms with Gasteiger partial charge in [0.2, 0.25) is 0 Å². The lowest BCUT2D eigenvalue weighted by atomic mass is 10.1. The topological polar surface area (TPSA) is 52.0 Å². The highest BCUT2D eigenvalue weighted by molar-refractivity contribution is 5.58. The highest BCUT2D eigenvalue weighted by atomic mass is 16.4. The molecule has 0 saturated carbocycles. The summed E-state index contributed by atoms with van der Waals surface area (Å²) >= 11 is 0. The van der Waals surface area contributed by atoms with Gasteiger partial charge in [-0.1, -0.05) is 17.2 Å². The van der Waals surface area contributed by atoms with Crippen molar-refractivity contribution in [2.45, 2.75) is 20.3 Å². The normalized spacial score (nSPS) is 10.7. The maximum atomic E-state index is 5.63. The van der Waals surface area contributed by atoms with Crippen LogP contribution in [0.5, 0.6) is 0 Å². The Hall–Kier alpha value is -1.61. The molecule has 0 unspecified atom stereocenters. The highest BCUT2D eigenvalue weighted by Gasteiger charge is 2.06. The van der Waals surface area contributed by atoms with E-state index in [0.717, 1.165) is 11.3 Å². The first-order valence-corrected chi connectivity index (χ1v) is 5.42. The number of hydrogen-bond acceptors (Lipinski definition) is 3. The van der Waals surface area contributed by atoms with Crippen molar-refractivity contribution in [3.05, 3.63) is 41.4 Å². The van der Waals surface area contributed by atoms with E-state index in [1.165, 1.54) is 11.1 Å². The third-order valence-corrected chi connectivity index (χ3v) is 2.42. The van der Waals surface area contributed by atoms with Crippen LogP contribution in [0.2, 0.25) is 0 Å². The zero-order chi connectivity index (χ0) is 11.5. The Labute approximate surface area is 95.3 Å². The Morgan fingerprint density at radius 1 is 1.19 bits per heavy atom. The molecule has 0 spiro atoms. The Kier molecular flexibility index (Phi) is 3.06. The Morgan fingerprint density at radius 3 is 2.50 bits per heavy atom. The van der Waals surface area contributed by atoms with E-state index < -0.39 is 0 Å². The second-order valence-corrected chi connectivity index (χ2v) is 4.03. The molecular formula is C13H16N2O. The smallest absolute Gasteiger partial charge is 0.196 e. The number of hydrogen-bond donors (Lipinski definition) is 1. The number of aromatic nitrogens is 1. The lowest BCUT2D eigenvalue weighted by molar-refractivity contribution is 0.508. The molecule has 0 fully saturated rings. The average molecular weight is 216 g/mol. The molecule has 1 heterocycles. The maximum Gasteiger partial charge on any atom is 0.196 e. The van der Waals surface area contributed by atoms with Gasteiger partial charge < -0.3 is 10.2 Å². The van der Waals surface area contributed by atoms with Crippen molar-refractivity contribution in [2.24, 2.45) is 5.73 Å². The molecule has 0 aliphatic carbocycles. The minimum Gasteiger partial charge on any atom is -0.441 e. The van der Waals surface area contributed by atoms with Gasteiger partial charge in [0.1, 0.15) is 0 Å². The quantitative estimate of drug-likeness (QED) is 0.857. The fourth-order valence-corrected chi connectivity index (χ4v) is 1.80. The van der Waals surface area contributed by atoms with Crippen LogP contribution < -0.4 is 5.73 Å². The molecule has 0 bridgehead atoms. The monoisotopic (exact) mass is 216 g/mol.